The van der Waals surface area contributed by atoms with E-state index in [0.29, 0.717) is 18.9 Å². The predicted octanol–water partition coefficient (Wildman–Crippen LogP) is 7.27. The van der Waals surface area contributed by atoms with Gasteiger partial charge < -0.3 is 9.30 Å². The highest BCUT2D eigenvalue weighted by Gasteiger charge is 2.27. The molecule has 37 heavy (non-hydrogen) atoms. The van der Waals surface area contributed by atoms with Crippen LogP contribution in [0.4, 0.5) is 0 Å². The fourth-order valence-corrected chi connectivity index (χ4v) is 6.15. The number of hydrogen-bond donors (Lipinski definition) is 0. The summed E-state index contributed by atoms with van der Waals surface area (Å²) in [6.07, 6.45) is 4.90. The first-order valence-corrected chi connectivity index (χ1v) is 13.8. The first-order valence-electron chi connectivity index (χ1n) is 13.8. The Morgan fingerprint density at radius 3 is 2.49 bits per heavy atom. The van der Waals surface area contributed by atoms with Crippen LogP contribution in [0.1, 0.15) is 53.6 Å². The Morgan fingerprint density at radius 1 is 0.919 bits per heavy atom. The molecule has 3 aromatic carbocycles. The van der Waals surface area contributed by atoms with Crippen molar-refractivity contribution in [2.45, 2.75) is 52.1 Å². The highest BCUT2D eigenvalue weighted by Crippen LogP contribution is 2.36. The first kappa shape index (κ1) is 24.0. The molecule has 0 spiro atoms. The molecule has 3 heterocycles. The molecule has 1 saturated heterocycles. The van der Waals surface area contributed by atoms with Crippen LogP contribution in [-0.2, 0) is 13.1 Å². The maximum Gasteiger partial charge on any atom is 0.205 e. The molecule has 190 valence electrons. The van der Waals surface area contributed by atoms with E-state index in [1.807, 2.05) is 12.1 Å². The van der Waals surface area contributed by atoms with Crippen LogP contribution in [0.2, 0.25) is 0 Å². The van der Waals surface area contributed by atoms with Gasteiger partial charge >= 0.3 is 0 Å². The van der Waals surface area contributed by atoms with Gasteiger partial charge in [-0.1, -0.05) is 66.7 Å². The second kappa shape index (κ2) is 10.5. The molecule has 4 nitrogen and oxygen atoms in total. The van der Waals surface area contributed by atoms with Crippen molar-refractivity contribution in [3.63, 3.8) is 0 Å². The number of carbonyl (C=O) groups excluding carboxylic acids is 1. The van der Waals surface area contributed by atoms with E-state index in [1.165, 1.54) is 35.1 Å². The largest absolute Gasteiger partial charge is 0.478 e. The molecule has 4 heteroatoms. The third-order valence-electron chi connectivity index (χ3n) is 8.27. The van der Waals surface area contributed by atoms with Crippen molar-refractivity contribution in [2.75, 3.05) is 19.7 Å². The number of benzene rings is 3. The number of carbonyl (C=O) groups is 1. The molecule has 0 unspecified atom stereocenters. The first-order chi connectivity index (χ1) is 18.2. The van der Waals surface area contributed by atoms with Crippen LogP contribution in [0, 0.1) is 12.8 Å². The summed E-state index contributed by atoms with van der Waals surface area (Å²) in [6.45, 7) is 7.00. The van der Waals surface area contributed by atoms with E-state index in [-0.39, 0.29) is 5.78 Å². The number of piperidine rings is 1. The van der Waals surface area contributed by atoms with Crippen LogP contribution >= 0.6 is 0 Å². The molecule has 1 aromatic heterocycles. The normalized spacial score (nSPS) is 16.5. The van der Waals surface area contributed by atoms with Gasteiger partial charge in [-0.05, 0) is 79.9 Å². The van der Waals surface area contributed by atoms with Gasteiger partial charge in [0.25, 0.3) is 0 Å². The molecule has 2 aliphatic heterocycles. The average Bonchev–Trinajstić information content (AvgIpc) is 3.28. The number of aromatic nitrogens is 1. The Morgan fingerprint density at radius 2 is 1.68 bits per heavy atom. The SMILES string of the molecule is Cc1ccccc1-c1ccc(CN2CCC(CCC(=O)c3c4n(c5ccccc35)CCCO4)CC2)cc1. The number of nitrogens with zero attached hydrogens (tertiary/aromatic N) is 2. The van der Waals surface area contributed by atoms with E-state index in [0.717, 1.165) is 61.4 Å². The van der Waals surface area contributed by atoms with Crippen LogP contribution in [0.15, 0.2) is 72.8 Å². The lowest BCUT2D eigenvalue weighted by atomic mass is 9.90. The van der Waals surface area contributed by atoms with Gasteiger partial charge in [-0.2, -0.15) is 0 Å². The molecular weight excluding hydrogens is 456 g/mol. The maximum absolute atomic E-state index is 13.4. The number of aryl methyl sites for hydroxylation is 2. The molecule has 0 saturated carbocycles. The Bertz CT molecular complexity index is 1390. The van der Waals surface area contributed by atoms with Gasteiger partial charge in [-0.3, -0.25) is 9.69 Å². The molecular formula is C33H36N2O2. The second-order valence-electron chi connectivity index (χ2n) is 10.7. The van der Waals surface area contributed by atoms with Crippen molar-refractivity contribution in [2.24, 2.45) is 5.92 Å². The molecule has 6 rings (SSSR count). The third kappa shape index (κ3) is 4.95. The maximum atomic E-state index is 13.4. The Kier molecular flexibility index (Phi) is 6.84. The lowest BCUT2D eigenvalue weighted by Gasteiger charge is -2.32. The smallest absolute Gasteiger partial charge is 0.205 e. The van der Waals surface area contributed by atoms with Crippen LogP contribution in [0.25, 0.3) is 22.0 Å². The van der Waals surface area contributed by atoms with E-state index in [4.69, 9.17) is 4.74 Å². The third-order valence-corrected chi connectivity index (χ3v) is 8.27. The summed E-state index contributed by atoms with van der Waals surface area (Å²) in [5.41, 5.74) is 7.21. The Hall–Kier alpha value is -3.37. The van der Waals surface area contributed by atoms with Gasteiger partial charge in [0.2, 0.25) is 5.88 Å². The van der Waals surface area contributed by atoms with Crippen molar-refractivity contribution in [1.29, 1.82) is 0 Å². The number of ether oxygens (including phenoxy) is 1. The molecule has 0 atom stereocenters. The summed E-state index contributed by atoms with van der Waals surface area (Å²) in [5.74, 6) is 1.65. The molecule has 2 aliphatic rings. The molecule has 0 aliphatic carbocycles. The van der Waals surface area contributed by atoms with Crippen molar-refractivity contribution >= 4 is 16.7 Å². The summed E-state index contributed by atoms with van der Waals surface area (Å²) in [4.78, 5) is 15.9. The standard InChI is InChI=1S/C33H36N2O2/c1-24-7-2-3-8-28(24)27-14-11-26(12-15-27)23-34-20-17-25(18-21-34)13-16-31(36)32-29-9-4-5-10-30(29)35-19-6-22-37-33(32)35/h2-5,7-12,14-15,25H,6,13,16-23H2,1H3. The van der Waals surface area contributed by atoms with Crippen molar-refractivity contribution in [1.82, 2.24) is 9.47 Å². The van der Waals surface area contributed by atoms with Crippen LogP contribution in [0.3, 0.4) is 0 Å². The average molecular weight is 493 g/mol. The molecule has 4 aromatic rings. The Labute approximate surface area is 219 Å². The lowest BCUT2D eigenvalue weighted by molar-refractivity contribution is 0.0956. The van der Waals surface area contributed by atoms with Crippen molar-refractivity contribution in [3.05, 3.63) is 89.5 Å². The quantitative estimate of drug-likeness (QED) is 0.254. The topological polar surface area (TPSA) is 34.5 Å². The van der Waals surface area contributed by atoms with Gasteiger partial charge in [0.05, 0.1) is 17.7 Å². The molecule has 0 radical (unpaired) electrons. The summed E-state index contributed by atoms with van der Waals surface area (Å²) in [6, 6.07) is 25.9. The van der Waals surface area contributed by atoms with E-state index in [2.05, 4.69) is 77.1 Å². The minimum Gasteiger partial charge on any atom is -0.478 e. The van der Waals surface area contributed by atoms with Gasteiger partial charge in [0.15, 0.2) is 5.78 Å². The summed E-state index contributed by atoms with van der Waals surface area (Å²) in [5, 5.41) is 1.05. The van der Waals surface area contributed by atoms with E-state index < -0.39 is 0 Å². The van der Waals surface area contributed by atoms with Crippen LogP contribution in [-0.4, -0.2) is 34.9 Å². The monoisotopic (exact) mass is 492 g/mol. The zero-order valence-corrected chi connectivity index (χ0v) is 21.8. The zero-order valence-electron chi connectivity index (χ0n) is 21.8. The fraction of sp³-hybridized carbons (Fsp3) is 0.364. The van der Waals surface area contributed by atoms with Crippen molar-refractivity contribution < 1.29 is 9.53 Å². The second-order valence-corrected chi connectivity index (χ2v) is 10.7. The van der Waals surface area contributed by atoms with Crippen LogP contribution in [0.5, 0.6) is 5.88 Å². The van der Waals surface area contributed by atoms with Crippen LogP contribution < -0.4 is 4.74 Å². The molecule has 0 bridgehead atoms. The van der Waals surface area contributed by atoms with Gasteiger partial charge in [-0.15, -0.1) is 0 Å². The number of hydrogen-bond acceptors (Lipinski definition) is 3. The minimum absolute atomic E-state index is 0.239. The minimum atomic E-state index is 0.239. The molecule has 1 fully saturated rings. The summed E-state index contributed by atoms with van der Waals surface area (Å²) in [7, 11) is 0. The summed E-state index contributed by atoms with van der Waals surface area (Å²) >= 11 is 0. The number of fused-ring (bicyclic) bond motifs is 3. The fourth-order valence-electron chi connectivity index (χ4n) is 6.15. The molecule has 0 amide bonds. The van der Waals surface area contributed by atoms with Gasteiger partial charge in [-0.25, -0.2) is 0 Å². The highest BCUT2D eigenvalue weighted by molar-refractivity contribution is 6.10. The Balaban J connectivity index is 1.03. The number of rotatable bonds is 7. The van der Waals surface area contributed by atoms with Crippen molar-refractivity contribution in [3.8, 4) is 17.0 Å². The van der Waals surface area contributed by atoms with Gasteiger partial charge in [0.1, 0.15) is 0 Å². The van der Waals surface area contributed by atoms with Gasteiger partial charge in [0, 0.05) is 24.9 Å². The molecule has 0 N–H and O–H groups in total. The highest BCUT2D eigenvalue weighted by atomic mass is 16.5. The number of likely N-dealkylation sites (tertiary alicyclic amines) is 1. The van der Waals surface area contributed by atoms with E-state index in [9.17, 15) is 4.79 Å². The summed E-state index contributed by atoms with van der Waals surface area (Å²) < 4.78 is 8.19. The lowest BCUT2D eigenvalue weighted by Crippen LogP contribution is -2.33. The predicted molar refractivity (Wildman–Crippen MR) is 150 cm³/mol. The van der Waals surface area contributed by atoms with E-state index >= 15 is 0 Å². The number of ketones is 1. The zero-order chi connectivity index (χ0) is 25.2. The van der Waals surface area contributed by atoms with E-state index in [1.54, 1.807) is 0 Å². The number of para-hydroxylation sites is 1. The number of Topliss-reactive ketones (excluding diaryl/α,β-unsaturated/α-hetero) is 1.